The molecule has 2 unspecified atom stereocenters. The van der Waals surface area contributed by atoms with Gasteiger partial charge in [-0.15, -0.1) is 0 Å². The van der Waals surface area contributed by atoms with E-state index in [9.17, 15) is 14.7 Å². The lowest BCUT2D eigenvalue weighted by molar-refractivity contribution is -0.139. The number of rotatable bonds is 7. The van der Waals surface area contributed by atoms with Gasteiger partial charge in [0.25, 0.3) is 5.91 Å². The van der Waals surface area contributed by atoms with E-state index >= 15 is 0 Å². The smallest absolute Gasteiger partial charge is 0.258 e. The summed E-state index contributed by atoms with van der Waals surface area (Å²) in [6, 6.07) is 0. The topological polar surface area (TPSA) is 105 Å². The van der Waals surface area contributed by atoms with Crippen molar-refractivity contribution in [2.24, 2.45) is 17.3 Å². The summed E-state index contributed by atoms with van der Waals surface area (Å²) in [5, 5.41) is 21.3. The average molecular weight is 445 g/mol. The number of hydrogen-bond donors (Lipinski definition) is 3. The maximum atomic E-state index is 13.4. The van der Waals surface area contributed by atoms with Crippen molar-refractivity contribution in [2.75, 3.05) is 7.05 Å². The van der Waals surface area contributed by atoms with Crippen molar-refractivity contribution in [3.8, 4) is 5.88 Å². The standard InChI is InChI=1S/C24H36N4O4/c1-15(2)32-20-18(13-26-28(20)7-6-22(3,4)21(30)25-5)19(29)27-23-9-16-8-17(10-23)12-24(31,11-16)14-23/h6-7,13,15-17,31H,8-12,14H2,1-5H3,(H,25,30)(H,27,29). The lowest BCUT2D eigenvalue weighted by atomic mass is 9.51. The predicted octanol–water partition coefficient (Wildman–Crippen LogP) is 2.73. The number of carbonyl (C=O) groups excluding carboxylic acids is 2. The van der Waals surface area contributed by atoms with Crippen molar-refractivity contribution in [2.45, 2.75) is 83.5 Å². The zero-order chi connectivity index (χ0) is 23.3. The van der Waals surface area contributed by atoms with Gasteiger partial charge in [0.15, 0.2) is 0 Å². The highest BCUT2D eigenvalue weighted by Gasteiger charge is 2.57. The fourth-order valence-corrected chi connectivity index (χ4v) is 6.28. The van der Waals surface area contributed by atoms with Crippen LogP contribution >= 0.6 is 0 Å². The minimum absolute atomic E-state index is 0.120. The van der Waals surface area contributed by atoms with Crippen LogP contribution < -0.4 is 15.4 Å². The summed E-state index contributed by atoms with van der Waals surface area (Å²) in [7, 11) is 1.60. The van der Waals surface area contributed by atoms with Gasteiger partial charge >= 0.3 is 0 Å². The van der Waals surface area contributed by atoms with Gasteiger partial charge in [-0.25, -0.2) is 4.68 Å². The Labute approximate surface area is 189 Å². The molecule has 176 valence electrons. The number of hydrogen-bond acceptors (Lipinski definition) is 5. The summed E-state index contributed by atoms with van der Waals surface area (Å²) in [6.45, 7) is 7.40. The zero-order valence-corrected chi connectivity index (χ0v) is 19.8. The first kappa shape index (κ1) is 22.8. The molecule has 4 aliphatic rings. The maximum absolute atomic E-state index is 13.4. The Morgan fingerprint density at radius 2 is 1.94 bits per heavy atom. The highest BCUT2D eigenvalue weighted by molar-refractivity contribution is 5.97. The SMILES string of the molecule is CNC(=O)C(C)(C)C=Cn1ncc(C(=O)NC23CC4CC(CC(O)(C4)C2)C3)c1OC(C)C. The summed E-state index contributed by atoms with van der Waals surface area (Å²) in [5.74, 6) is 0.960. The minimum Gasteiger partial charge on any atom is -0.474 e. The fraction of sp³-hybridized carbons (Fsp3) is 0.708. The first-order valence-corrected chi connectivity index (χ1v) is 11.6. The third kappa shape index (κ3) is 4.29. The molecule has 4 bridgehead atoms. The van der Waals surface area contributed by atoms with Crippen LogP contribution in [0.2, 0.25) is 0 Å². The molecule has 4 fully saturated rings. The second-order valence-electron chi connectivity index (χ2n) is 11.0. The van der Waals surface area contributed by atoms with Crippen LogP contribution in [0, 0.1) is 17.3 Å². The number of carbonyl (C=O) groups is 2. The van der Waals surface area contributed by atoms with Gasteiger partial charge in [0.1, 0.15) is 5.56 Å². The summed E-state index contributed by atoms with van der Waals surface area (Å²) in [5.41, 5.74) is -1.38. The van der Waals surface area contributed by atoms with Gasteiger partial charge in [0.2, 0.25) is 11.8 Å². The zero-order valence-electron chi connectivity index (χ0n) is 19.8. The van der Waals surface area contributed by atoms with Crippen molar-refractivity contribution in [1.82, 2.24) is 20.4 Å². The van der Waals surface area contributed by atoms with Crippen molar-refractivity contribution in [3.05, 3.63) is 17.8 Å². The molecule has 8 heteroatoms. The number of nitrogens with zero attached hydrogens (tertiary/aromatic N) is 2. The molecule has 1 aromatic heterocycles. The molecule has 5 rings (SSSR count). The van der Waals surface area contributed by atoms with Crippen LogP contribution in [-0.4, -0.2) is 51.0 Å². The summed E-state index contributed by atoms with van der Waals surface area (Å²) in [6.07, 6.45) is 10.1. The van der Waals surface area contributed by atoms with E-state index in [0.717, 1.165) is 32.1 Å². The Morgan fingerprint density at radius 3 is 2.50 bits per heavy atom. The Kier molecular flexibility index (Phi) is 5.64. The number of aliphatic hydroxyl groups is 1. The average Bonchev–Trinajstić information content (AvgIpc) is 3.05. The largest absolute Gasteiger partial charge is 0.474 e. The molecule has 32 heavy (non-hydrogen) atoms. The van der Waals surface area contributed by atoms with Crippen LogP contribution in [0.25, 0.3) is 6.20 Å². The molecule has 4 saturated carbocycles. The normalized spacial score (nSPS) is 31.3. The van der Waals surface area contributed by atoms with Gasteiger partial charge < -0.3 is 20.5 Å². The number of amides is 2. The molecule has 8 nitrogen and oxygen atoms in total. The summed E-state index contributed by atoms with van der Waals surface area (Å²) < 4.78 is 7.48. The van der Waals surface area contributed by atoms with Crippen LogP contribution in [0.1, 0.15) is 76.6 Å². The highest BCUT2D eigenvalue weighted by atomic mass is 16.5. The van der Waals surface area contributed by atoms with Gasteiger partial charge in [-0.05, 0) is 78.1 Å². The Morgan fingerprint density at radius 1 is 1.28 bits per heavy atom. The van der Waals surface area contributed by atoms with Crippen LogP contribution in [0.4, 0.5) is 0 Å². The van der Waals surface area contributed by atoms with Gasteiger partial charge in [-0.1, -0.05) is 6.08 Å². The van der Waals surface area contributed by atoms with Crippen LogP contribution in [0.15, 0.2) is 12.3 Å². The Hall–Kier alpha value is -2.35. The van der Waals surface area contributed by atoms with Crippen LogP contribution in [0.5, 0.6) is 5.88 Å². The summed E-state index contributed by atoms with van der Waals surface area (Å²) in [4.78, 5) is 25.5. The molecule has 0 aromatic carbocycles. The van der Waals surface area contributed by atoms with E-state index in [-0.39, 0.29) is 23.5 Å². The number of nitrogens with one attached hydrogen (secondary N) is 2. The molecule has 1 aromatic rings. The van der Waals surface area contributed by atoms with E-state index in [1.54, 1.807) is 33.2 Å². The van der Waals surface area contributed by atoms with Crippen molar-refractivity contribution in [3.63, 3.8) is 0 Å². The minimum atomic E-state index is -0.743. The van der Waals surface area contributed by atoms with Gasteiger partial charge in [0.05, 0.1) is 23.3 Å². The second kappa shape index (κ2) is 7.90. The molecule has 0 saturated heterocycles. The number of aromatic nitrogens is 2. The third-order valence-electron chi connectivity index (χ3n) is 7.20. The van der Waals surface area contributed by atoms with Crippen molar-refractivity contribution >= 4 is 18.0 Å². The van der Waals surface area contributed by atoms with E-state index in [2.05, 4.69) is 15.7 Å². The van der Waals surface area contributed by atoms with Crippen molar-refractivity contribution < 1.29 is 19.4 Å². The quantitative estimate of drug-likeness (QED) is 0.600. The molecule has 2 atom stereocenters. The summed E-state index contributed by atoms with van der Waals surface area (Å²) >= 11 is 0. The van der Waals surface area contributed by atoms with Crippen LogP contribution in [-0.2, 0) is 4.79 Å². The van der Waals surface area contributed by atoms with E-state index in [1.165, 1.54) is 10.9 Å². The highest BCUT2D eigenvalue weighted by Crippen LogP contribution is 2.57. The second-order valence-corrected chi connectivity index (χ2v) is 11.0. The fourth-order valence-electron chi connectivity index (χ4n) is 6.28. The Bertz CT molecular complexity index is 918. The van der Waals surface area contributed by atoms with Crippen molar-refractivity contribution in [1.29, 1.82) is 0 Å². The van der Waals surface area contributed by atoms with Gasteiger partial charge in [0, 0.05) is 18.8 Å². The number of ether oxygens (including phenoxy) is 1. The molecule has 4 aliphatic carbocycles. The van der Waals surface area contributed by atoms with E-state index in [1.807, 2.05) is 13.8 Å². The molecule has 0 radical (unpaired) electrons. The molecule has 1 heterocycles. The third-order valence-corrected chi connectivity index (χ3v) is 7.20. The lowest BCUT2D eigenvalue weighted by Gasteiger charge is -2.60. The van der Waals surface area contributed by atoms with Gasteiger partial charge in [-0.3, -0.25) is 9.59 Å². The molecular weight excluding hydrogens is 408 g/mol. The Balaban J connectivity index is 1.58. The molecule has 0 aliphatic heterocycles. The molecule has 0 spiro atoms. The molecular formula is C24H36N4O4. The molecule has 3 N–H and O–H groups in total. The van der Waals surface area contributed by atoms with E-state index in [0.29, 0.717) is 29.7 Å². The van der Waals surface area contributed by atoms with E-state index < -0.39 is 11.0 Å². The maximum Gasteiger partial charge on any atom is 0.258 e. The van der Waals surface area contributed by atoms with Crippen LogP contribution in [0.3, 0.4) is 0 Å². The predicted molar refractivity (Wildman–Crippen MR) is 121 cm³/mol. The molecule has 2 amide bonds. The first-order chi connectivity index (χ1) is 14.9. The van der Waals surface area contributed by atoms with Gasteiger partial charge in [-0.2, -0.15) is 5.10 Å². The van der Waals surface area contributed by atoms with E-state index in [4.69, 9.17) is 4.74 Å². The lowest BCUT2D eigenvalue weighted by Crippen LogP contribution is -2.65. The first-order valence-electron chi connectivity index (χ1n) is 11.6. The monoisotopic (exact) mass is 444 g/mol.